The summed E-state index contributed by atoms with van der Waals surface area (Å²) >= 11 is 0. The molecule has 4 nitrogen and oxygen atoms in total. The zero-order valence-corrected chi connectivity index (χ0v) is 21.7. The maximum absolute atomic E-state index is 13.0. The van der Waals surface area contributed by atoms with Gasteiger partial charge in [-0.05, 0) is 48.0 Å². The molecule has 0 N–H and O–H groups in total. The van der Waals surface area contributed by atoms with E-state index in [1.54, 1.807) is 0 Å². The van der Waals surface area contributed by atoms with Crippen molar-refractivity contribution in [1.29, 1.82) is 0 Å². The van der Waals surface area contributed by atoms with Gasteiger partial charge in [0.1, 0.15) is 6.29 Å². The summed E-state index contributed by atoms with van der Waals surface area (Å²) in [5, 5.41) is 2.30. The van der Waals surface area contributed by atoms with Gasteiger partial charge < -0.3 is 14.0 Å². The highest BCUT2D eigenvalue weighted by Gasteiger charge is 2.55. The number of rotatable bonds is 8. The van der Waals surface area contributed by atoms with Gasteiger partial charge in [-0.25, -0.2) is 0 Å². The number of esters is 1. The lowest BCUT2D eigenvalue weighted by Gasteiger charge is -2.50. The van der Waals surface area contributed by atoms with Crippen molar-refractivity contribution in [2.75, 3.05) is 7.11 Å². The van der Waals surface area contributed by atoms with E-state index < -0.39 is 13.7 Å². The van der Waals surface area contributed by atoms with Crippen LogP contribution in [0.15, 0.2) is 60.7 Å². The van der Waals surface area contributed by atoms with Gasteiger partial charge in [0.2, 0.25) is 0 Å². The second-order valence-corrected chi connectivity index (χ2v) is 14.7. The first-order chi connectivity index (χ1) is 15.7. The molecule has 2 aromatic rings. The molecular formula is C28H38O4Si. The molecule has 5 heteroatoms. The fourth-order valence-corrected chi connectivity index (χ4v) is 10.5. The zero-order valence-electron chi connectivity index (χ0n) is 20.7. The summed E-state index contributed by atoms with van der Waals surface area (Å²) in [7, 11) is -1.31. The number of ether oxygens (including phenoxy) is 1. The number of methoxy groups -OCH3 is 1. The quantitative estimate of drug-likeness (QED) is 0.316. The standard InChI is InChI=1S/C28H38O4Si/c1-27(2,3)33(22-14-8-6-9-15-22,23-16-10-7-11-17-23)32-25-19-12-20-28(4,26(30)31-5)24(25)18-13-21-29/h6-11,14-17,21,24-25H,12-13,18-20H2,1-5H3/t24-,25+,28-/m0/s1. The molecule has 3 atom stereocenters. The number of benzene rings is 2. The van der Waals surface area contributed by atoms with Crippen molar-refractivity contribution in [3.8, 4) is 0 Å². The summed E-state index contributed by atoms with van der Waals surface area (Å²) in [6.07, 6.45) is 4.38. The van der Waals surface area contributed by atoms with Crippen molar-refractivity contribution in [1.82, 2.24) is 0 Å². The number of hydrogen-bond acceptors (Lipinski definition) is 4. The topological polar surface area (TPSA) is 52.6 Å². The number of aldehydes is 1. The number of carbonyl (C=O) groups excluding carboxylic acids is 2. The Balaban J connectivity index is 2.17. The summed E-state index contributed by atoms with van der Waals surface area (Å²) < 4.78 is 12.7. The Labute approximate surface area is 199 Å². The lowest BCUT2D eigenvalue weighted by molar-refractivity contribution is -0.162. The second-order valence-electron chi connectivity index (χ2n) is 10.5. The molecule has 1 saturated carbocycles. The molecule has 0 unspecified atom stereocenters. The van der Waals surface area contributed by atoms with E-state index in [1.165, 1.54) is 17.5 Å². The molecule has 33 heavy (non-hydrogen) atoms. The van der Waals surface area contributed by atoms with E-state index in [9.17, 15) is 9.59 Å². The zero-order chi connectivity index (χ0) is 24.1. The summed E-state index contributed by atoms with van der Waals surface area (Å²) in [5.41, 5.74) is -0.661. The summed E-state index contributed by atoms with van der Waals surface area (Å²) in [4.78, 5) is 24.3. The van der Waals surface area contributed by atoms with Crippen LogP contribution in [0.3, 0.4) is 0 Å². The molecule has 1 fully saturated rings. The van der Waals surface area contributed by atoms with Crippen LogP contribution in [0.25, 0.3) is 0 Å². The van der Waals surface area contributed by atoms with Crippen molar-refractivity contribution in [3.05, 3.63) is 60.7 Å². The first-order valence-corrected chi connectivity index (χ1v) is 13.9. The highest BCUT2D eigenvalue weighted by atomic mass is 28.4. The van der Waals surface area contributed by atoms with Gasteiger partial charge in [-0.2, -0.15) is 0 Å². The van der Waals surface area contributed by atoms with E-state index >= 15 is 0 Å². The number of carbonyl (C=O) groups is 2. The minimum Gasteiger partial charge on any atom is -0.469 e. The van der Waals surface area contributed by atoms with Crippen molar-refractivity contribution in [2.45, 2.75) is 70.9 Å². The minimum absolute atomic E-state index is 0.0782. The summed E-state index contributed by atoms with van der Waals surface area (Å²) in [6.45, 7) is 8.79. The minimum atomic E-state index is -2.77. The monoisotopic (exact) mass is 466 g/mol. The third-order valence-corrected chi connectivity index (χ3v) is 12.5. The van der Waals surface area contributed by atoms with Gasteiger partial charge in [0, 0.05) is 18.4 Å². The van der Waals surface area contributed by atoms with Crippen LogP contribution >= 0.6 is 0 Å². The molecular weight excluding hydrogens is 428 g/mol. The lowest BCUT2D eigenvalue weighted by Crippen LogP contribution is -2.69. The van der Waals surface area contributed by atoms with Crippen LogP contribution in [-0.2, 0) is 18.8 Å². The fourth-order valence-electron chi connectivity index (χ4n) is 5.77. The summed E-state index contributed by atoms with van der Waals surface area (Å²) in [5.74, 6) is -0.278. The Morgan fingerprint density at radius 2 is 1.61 bits per heavy atom. The average Bonchev–Trinajstić information content (AvgIpc) is 2.81. The Kier molecular flexibility index (Phi) is 7.96. The van der Waals surface area contributed by atoms with Crippen molar-refractivity contribution in [2.24, 2.45) is 11.3 Å². The Hall–Kier alpha value is -2.24. The predicted octanol–water partition coefficient (Wildman–Crippen LogP) is 4.89. The van der Waals surface area contributed by atoms with Gasteiger partial charge in [0.05, 0.1) is 12.5 Å². The molecule has 0 aliphatic heterocycles. The van der Waals surface area contributed by atoms with E-state index in [2.05, 4.69) is 69.3 Å². The van der Waals surface area contributed by atoms with Crippen LogP contribution in [0.4, 0.5) is 0 Å². The molecule has 0 saturated heterocycles. The molecule has 0 heterocycles. The van der Waals surface area contributed by atoms with Crippen molar-refractivity contribution < 1.29 is 18.8 Å². The van der Waals surface area contributed by atoms with Gasteiger partial charge in [-0.15, -0.1) is 0 Å². The first kappa shape index (κ1) is 25.4. The lowest BCUT2D eigenvalue weighted by atomic mass is 9.64. The van der Waals surface area contributed by atoms with Crippen molar-refractivity contribution in [3.63, 3.8) is 0 Å². The van der Waals surface area contributed by atoms with Crippen LogP contribution < -0.4 is 10.4 Å². The Bertz CT molecular complexity index is 882. The smallest absolute Gasteiger partial charge is 0.311 e. The van der Waals surface area contributed by atoms with Gasteiger partial charge in [-0.1, -0.05) is 81.4 Å². The molecule has 178 valence electrons. The highest BCUT2D eigenvalue weighted by Crippen LogP contribution is 2.48. The first-order valence-electron chi connectivity index (χ1n) is 12.0. The van der Waals surface area contributed by atoms with Crippen LogP contribution in [0, 0.1) is 11.3 Å². The Morgan fingerprint density at radius 1 is 1.06 bits per heavy atom. The van der Waals surface area contributed by atoms with E-state index in [4.69, 9.17) is 9.16 Å². The Morgan fingerprint density at radius 3 is 2.06 bits per heavy atom. The predicted molar refractivity (Wildman–Crippen MR) is 135 cm³/mol. The van der Waals surface area contributed by atoms with Crippen LogP contribution in [-0.4, -0.2) is 33.8 Å². The van der Waals surface area contributed by atoms with Crippen molar-refractivity contribution >= 4 is 30.9 Å². The van der Waals surface area contributed by atoms with E-state index in [0.29, 0.717) is 12.8 Å². The number of hydrogen-bond donors (Lipinski definition) is 0. The average molecular weight is 467 g/mol. The van der Waals surface area contributed by atoms with Gasteiger partial charge in [-0.3, -0.25) is 4.79 Å². The second kappa shape index (κ2) is 10.4. The maximum atomic E-state index is 13.0. The van der Waals surface area contributed by atoms with E-state index in [-0.39, 0.29) is 23.0 Å². The fraction of sp³-hybridized carbons (Fsp3) is 0.500. The van der Waals surface area contributed by atoms with Crippen LogP contribution in [0.1, 0.15) is 59.8 Å². The molecule has 2 aromatic carbocycles. The highest BCUT2D eigenvalue weighted by molar-refractivity contribution is 6.99. The van der Waals surface area contributed by atoms with Gasteiger partial charge >= 0.3 is 5.97 Å². The van der Waals surface area contributed by atoms with E-state index in [1.807, 2.05) is 19.1 Å². The normalized spacial score (nSPS) is 23.7. The molecule has 1 aliphatic carbocycles. The molecule has 0 spiro atoms. The molecule has 3 rings (SSSR count). The largest absolute Gasteiger partial charge is 0.469 e. The third kappa shape index (κ3) is 4.85. The molecule has 0 radical (unpaired) electrons. The van der Waals surface area contributed by atoms with Gasteiger partial charge in [0.25, 0.3) is 8.32 Å². The molecule has 0 aromatic heterocycles. The SMILES string of the molecule is COC(=O)[C@@]1(C)CCC[C@@H](O[Si](c2ccccc2)(c2ccccc2)C(C)(C)C)[C@@H]1CCC=O. The molecule has 0 amide bonds. The van der Waals surface area contributed by atoms with Crippen LogP contribution in [0.2, 0.25) is 5.04 Å². The molecule has 0 bridgehead atoms. The maximum Gasteiger partial charge on any atom is 0.311 e. The summed E-state index contributed by atoms with van der Waals surface area (Å²) in [6, 6.07) is 21.2. The molecule has 1 aliphatic rings. The van der Waals surface area contributed by atoms with Crippen LogP contribution in [0.5, 0.6) is 0 Å². The van der Waals surface area contributed by atoms with Gasteiger partial charge in [0.15, 0.2) is 0 Å². The van der Waals surface area contributed by atoms with E-state index in [0.717, 1.165) is 25.5 Å². The third-order valence-electron chi connectivity index (χ3n) is 7.44.